The molecule has 0 fully saturated rings. The monoisotopic (exact) mass is 325 g/mol. The Morgan fingerprint density at radius 2 is 1.88 bits per heavy atom. The van der Waals surface area contributed by atoms with Gasteiger partial charge in [-0.05, 0) is 30.7 Å². The van der Waals surface area contributed by atoms with Crippen LogP contribution in [0.4, 0.5) is 0 Å². The number of carbonyl (C=O) groups excluding carboxylic acids is 2. The molecule has 2 N–H and O–H groups in total. The van der Waals surface area contributed by atoms with Crippen molar-refractivity contribution < 1.29 is 19.4 Å². The molecule has 0 aliphatic heterocycles. The fourth-order valence-corrected chi connectivity index (χ4v) is 2.04. The number of ketones is 1. The quantitative estimate of drug-likeness (QED) is 0.632. The van der Waals surface area contributed by atoms with Crippen molar-refractivity contribution >= 4 is 17.8 Å². The van der Waals surface area contributed by atoms with Crippen LogP contribution in [0.25, 0.3) is 6.08 Å². The highest BCUT2D eigenvalue weighted by molar-refractivity contribution is 6.01. The van der Waals surface area contributed by atoms with Crippen LogP contribution in [0.2, 0.25) is 0 Å². The van der Waals surface area contributed by atoms with Gasteiger partial charge in [-0.2, -0.15) is 0 Å². The lowest BCUT2D eigenvalue weighted by molar-refractivity contribution is -0.116. The van der Waals surface area contributed by atoms with E-state index in [0.29, 0.717) is 16.9 Å². The third-order valence-electron chi connectivity index (χ3n) is 3.43. The smallest absolute Gasteiger partial charge is 0.244 e. The number of phenolic OH excluding ortho intramolecular Hbond substituents is 1. The molecule has 0 radical (unpaired) electrons. The Morgan fingerprint density at radius 3 is 2.54 bits per heavy atom. The predicted octanol–water partition coefficient (Wildman–Crippen LogP) is 2.72. The highest BCUT2D eigenvalue weighted by Crippen LogP contribution is 2.26. The van der Waals surface area contributed by atoms with Gasteiger partial charge in [0.05, 0.1) is 13.7 Å². The molecule has 2 rings (SSSR count). The fraction of sp³-hybridized carbons (Fsp3) is 0.158. The predicted molar refractivity (Wildman–Crippen MR) is 92.2 cm³/mol. The maximum atomic E-state index is 12.0. The average molecular weight is 325 g/mol. The molecule has 5 heteroatoms. The van der Waals surface area contributed by atoms with E-state index in [1.54, 1.807) is 30.3 Å². The first-order chi connectivity index (χ1) is 11.5. The van der Waals surface area contributed by atoms with Crippen LogP contribution in [0.3, 0.4) is 0 Å². The van der Waals surface area contributed by atoms with Crippen molar-refractivity contribution in [3.8, 4) is 11.5 Å². The summed E-state index contributed by atoms with van der Waals surface area (Å²) in [7, 11) is 1.45. The molecule has 1 amide bonds. The number of aryl methyl sites for hydroxylation is 1. The first kappa shape index (κ1) is 17.3. The van der Waals surface area contributed by atoms with E-state index in [-0.39, 0.29) is 24.0 Å². The lowest BCUT2D eigenvalue weighted by Crippen LogP contribution is -2.27. The van der Waals surface area contributed by atoms with Gasteiger partial charge < -0.3 is 15.2 Å². The Labute approximate surface area is 140 Å². The van der Waals surface area contributed by atoms with Crippen LogP contribution in [0.15, 0.2) is 48.5 Å². The molecule has 0 unspecified atom stereocenters. The second-order valence-corrected chi connectivity index (χ2v) is 5.27. The van der Waals surface area contributed by atoms with E-state index in [4.69, 9.17) is 4.74 Å². The largest absolute Gasteiger partial charge is 0.504 e. The molecular weight excluding hydrogens is 306 g/mol. The summed E-state index contributed by atoms with van der Waals surface area (Å²) in [6.45, 7) is 1.88. The molecule has 0 spiro atoms. The number of nitrogens with one attached hydrogen (secondary N) is 1. The zero-order chi connectivity index (χ0) is 17.5. The number of Topliss-reactive ketones (excluding diaryl/α,β-unsaturated/α-hetero) is 1. The van der Waals surface area contributed by atoms with E-state index in [1.807, 2.05) is 19.1 Å². The number of hydrogen-bond donors (Lipinski definition) is 2. The molecule has 0 atom stereocenters. The molecule has 2 aromatic carbocycles. The highest BCUT2D eigenvalue weighted by Gasteiger charge is 2.06. The molecule has 0 aromatic heterocycles. The van der Waals surface area contributed by atoms with E-state index < -0.39 is 0 Å². The maximum Gasteiger partial charge on any atom is 0.244 e. The molecule has 0 saturated carbocycles. The van der Waals surface area contributed by atoms with Crippen molar-refractivity contribution in [1.82, 2.24) is 5.32 Å². The van der Waals surface area contributed by atoms with Crippen molar-refractivity contribution in [3.05, 3.63) is 65.2 Å². The Morgan fingerprint density at radius 1 is 1.17 bits per heavy atom. The minimum Gasteiger partial charge on any atom is -0.504 e. The molecule has 124 valence electrons. The normalized spacial score (nSPS) is 10.6. The zero-order valence-electron chi connectivity index (χ0n) is 13.6. The van der Waals surface area contributed by atoms with E-state index in [0.717, 1.165) is 5.56 Å². The van der Waals surface area contributed by atoms with Gasteiger partial charge in [0.15, 0.2) is 17.3 Å². The third-order valence-corrected chi connectivity index (χ3v) is 3.43. The summed E-state index contributed by atoms with van der Waals surface area (Å²) in [5.74, 6) is -0.166. The summed E-state index contributed by atoms with van der Waals surface area (Å²) < 4.78 is 5.00. The highest BCUT2D eigenvalue weighted by atomic mass is 16.5. The Hall–Kier alpha value is -3.08. The number of rotatable bonds is 6. The molecule has 0 bridgehead atoms. The molecule has 2 aromatic rings. The van der Waals surface area contributed by atoms with Gasteiger partial charge in [-0.25, -0.2) is 0 Å². The number of phenols is 1. The molecule has 0 aliphatic carbocycles. The average Bonchev–Trinajstić information content (AvgIpc) is 2.59. The first-order valence-electron chi connectivity index (χ1n) is 7.42. The maximum absolute atomic E-state index is 12.0. The van der Waals surface area contributed by atoms with Crippen LogP contribution < -0.4 is 10.1 Å². The summed E-state index contributed by atoms with van der Waals surface area (Å²) in [5, 5.41) is 12.1. The molecule has 24 heavy (non-hydrogen) atoms. The van der Waals surface area contributed by atoms with Gasteiger partial charge in [0.1, 0.15) is 0 Å². The topological polar surface area (TPSA) is 75.6 Å². The number of amides is 1. The first-order valence-corrected chi connectivity index (χ1v) is 7.42. The number of hydrogen-bond acceptors (Lipinski definition) is 4. The van der Waals surface area contributed by atoms with Gasteiger partial charge in [-0.3, -0.25) is 9.59 Å². The number of benzene rings is 2. The van der Waals surface area contributed by atoms with Crippen molar-refractivity contribution in [2.75, 3.05) is 13.7 Å². The van der Waals surface area contributed by atoms with Crippen LogP contribution in [-0.4, -0.2) is 30.5 Å². The fourth-order valence-electron chi connectivity index (χ4n) is 2.04. The standard InChI is InChI=1S/C19H19NO4/c1-13-3-7-15(8-4-13)17(22)12-20-19(23)10-6-14-5-9-16(21)18(11-14)24-2/h3-11,21H,12H2,1-2H3,(H,20,23)/b10-6+. The number of carbonyl (C=O) groups is 2. The van der Waals surface area contributed by atoms with Gasteiger partial charge >= 0.3 is 0 Å². The van der Waals surface area contributed by atoms with Crippen molar-refractivity contribution in [2.24, 2.45) is 0 Å². The van der Waals surface area contributed by atoms with Gasteiger partial charge in [0.2, 0.25) is 5.91 Å². The third kappa shape index (κ3) is 4.71. The van der Waals surface area contributed by atoms with E-state index in [1.165, 1.54) is 19.3 Å². The van der Waals surface area contributed by atoms with Crippen LogP contribution in [0, 0.1) is 6.92 Å². The lowest BCUT2D eigenvalue weighted by Gasteiger charge is -2.04. The van der Waals surface area contributed by atoms with Gasteiger partial charge in [-0.1, -0.05) is 35.9 Å². The van der Waals surface area contributed by atoms with Gasteiger partial charge in [-0.15, -0.1) is 0 Å². The van der Waals surface area contributed by atoms with Crippen LogP contribution >= 0.6 is 0 Å². The number of aromatic hydroxyl groups is 1. The van der Waals surface area contributed by atoms with Crippen LogP contribution in [0.1, 0.15) is 21.5 Å². The summed E-state index contributed by atoms with van der Waals surface area (Å²) in [6.07, 6.45) is 2.90. The summed E-state index contributed by atoms with van der Waals surface area (Å²) >= 11 is 0. The van der Waals surface area contributed by atoms with E-state index in [9.17, 15) is 14.7 Å². The van der Waals surface area contributed by atoms with Crippen LogP contribution in [-0.2, 0) is 4.79 Å². The number of ether oxygens (including phenoxy) is 1. The minimum absolute atomic E-state index is 0.0304. The Bertz CT molecular complexity index is 763. The summed E-state index contributed by atoms with van der Waals surface area (Å²) in [6, 6.07) is 11.9. The summed E-state index contributed by atoms with van der Waals surface area (Å²) in [4.78, 5) is 23.8. The molecule has 0 saturated heterocycles. The second kappa shape index (κ2) is 7.97. The van der Waals surface area contributed by atoms with Crippen LogP contribution in [0.5, 0.6) is 11.5 Å². The number of methoxy groups -OCH3 is 1. The summed E-state index contributed by atoms with van der Waals surface area (Å²) in [5.41, 5.74) is 2.33. The van der Waals surface area contributed by atoms with Crippen molar-refractivity contribution in [1.29, 1.82) is 0 Å². The van der Waals surface area contributed by atoms with E-state index in [2.05, 4.69) is 5.32 Å². The molecule has 0 heterocycles. The van der Waals surface area contributed by atoms with Gasteiger partial charge in [0.25, 0.3) is 0 Å². The lowest BCUT2D eigenvalue weighted by atomic mass is 10.1. The van der Waals surface area contributed by atoms with Crippen molar-refractivity contribution in [2.45, 2.75) is 6.92 Å². The molecule has 0 aliphatic rings. The Kier molecular flexibility index (Phi) is 5.73. The Balaban J connectivity index is 1.91. The van der Waals surface area contributed by atoms with E-state index >= 15 is 0 Å². The SMILES string of the molecule is COc1cc(/C=C/C(=O)NCC(=O)c2ccc(C)cc2)ccc1O. The minimum atomic E-state index is -0.373. The molecular formula is C19H19NO4. The van der Waals surface area contributed by atoms with Gasteiger partial charge in [0, 0.05) is 11.6 Å². The molecule has 5 nitrogen and oxygen atoms in total. The van der Waals surface area contributed by atoms with Crippen molar-refractivity contribution in [3.63, 3.8) is 0 Å². The second-order valence-electron chi connectivity index (χ2n) is 5.27. The zero-order valence-corrected chi connectivity index (χ0v) is 13.6.